The summed E-state index contributed by atoms with van der Waals surface area (Å²) in [5.41, 5.74) is 1.51. The zero-order valence-electron chi connectivity index (χ0n) is 11.4. The van der Waals surface area contributed by atoms with Gasteiger partial charge in [0.2, 0.25) is 0 Å². The highest BCUT2D eigenvalue weighted by molar-refractivity contribution is 6.17. The van der Waals surface area contributed by atoms with Crippen molar-refractivity contribution in [2.45, 2.75) is 18.9 Å². The molecule has 0 aliphatic carbocycles. The molecule has 1 heterocycles. The number of rotatable bonds is 5. The molecule has 1 aliphatic heterocycles. The molecule has 1 N–H and O–H groups in total. The predicted octanol–water partition coefficient (Wildman–Crippen LogP) is 2.18. The smallest absolute Gasteiger partial charge is 0.255 e. The monoisotopic (exact) mass is 299 g/mol. The second-order valence-corrected chi connectivity index (χ2v) is 4.58. The van der Waals surface area contributed by atoms with Gasteiger partial charge in [-0.2, -0.15) is 0 Å². The van der Waals surface area contributed by atoms with Gasteiger partial charge in [-0.05, 0) is 25.1 Å². The highest BCUT2D eigenvalue weighted by atomic mass is 35.5. The number of hydrogen-bond acceptors (Lipinski definition) is 4. The lowest BCUT2D eigenvalue weighted by atomic mass is 10.2. The van der Waals surface area contributed by atoms with Crippen LogP contribution in [0.1, 0.15) is 12.5 Å². The molecule has 1 unspecified atom stereocenters. The number of halogens is 1. The standard InChI is InChI=1S/C14H18ClNO4/c1-2-19-12-4-3-11(7-10(12)8-15)16-14(17)13-9-18-5-6-20-13/h3-4,7,13H,2,5-6,8-9H2,1H3,(H,16,17). The van der Waals surface area contributed by atoms with Crippen molar-refractivity contribution < 1.29 is 19.0 Å². The topological polar surface area (TPSA) is 56.8 Å². The van der Waals surface area contributed by atoms with Gasteiger partial charge in [-0.25, -0.2) is 0 Å². The molecule has 0 spiro atoms. The van der Waals surface area contributed by atoms with Crippen molar-refractivity contribution in [2.75, 3.05) is 31.7 Å². The highest BCUT2D eigenvalue weighted by Gasteiger charge is 2.22. The summed E-state index contributed by atoms with van der Waals surface area (Å²) in [4.78, 5) is 12.0. The summed E-state index contributed by atoms with van der Waals surface area (Å²) in [5.74, 6) is 0.842. The fraction of sp³-hybridized carbons (Fsp3) is 0.500. The summed E-state index contributed by atoms with van der Waals surface area (Å²) < 4.78 is 16.0. The first-order chi connectivity index (χ1) is 9.74. The lowest BCUT2D eigenvalue weighted by Crippen LogP contribution is -2.39. The number of ether oxygens (including phenoxy) is 3. The van der Waals surface area contributed by atoms with Gasteiger partial charge >= 0.3 is 0 Å². The third kappa shape index (κ3) is 3.85. The second kappa shape index (κ2) is 7.47. The number of amides is 1. The Hall–Kier alpha value is -1.30. The van der Waals surface area contributed by atoms with Crippen LogP contribution in [0.5, 0.6) is 5.75 Å². The molecule has 1 fully saturated rings. The molecule has 1 atom stereocenters. The van der Waals surface area contributed by atoms with Crippen molar-refractivity contribution >= 4 is 23.2 Å². The number of benzene rings is 1. The third-order valence-corrected chi connectivity index (χ3v) is 3.17. The minimum absolute atomic E-state index is 0.214. The first kappa shape index (κ1) is 15.1. The quantitative estimate of drug-likeness (QED) is 0.847. The zero-order valence-corrected chi connectivity index (χ0v) is 12.1. The Morgan fingerprint density at radius 1 is 1.50 bits per heavy atom. The van der Waals surface area contributed by atoms with E-state index in [0.29, 0.717) is 31.4 Å². The van der Waals surface area contributed by atoms with Gasteiger partial charge in [-0.1, -0.05) is 0 Å². The van der Waals surface area contributed by atoms with E-state index in [1.54, 1.807) is 18.2 Å². The summed E-state index contributed by atoms with van der Waals surface area (Å²) in [6.45, 7) is 3.74. The number of nitrogens with one attached hydrogen (secondary N) is 1. The Labute approximate surface area is 123 Å². The van der Waals surface area contributed by atoms with E-state index >= 15 is 0 Å². The number of carbonyl (C=O) groups is 1. The van der Waals surface area contributed by atoms with E-state index in [9.17, 15) is 4.79 Å². The first-order valence-corrected chi connectivity index (χ1v) is 7.10. The molecule has 1 saturated heterocycles. The molecule has 20 heavy (non-hydrogen) atoms. The molecule has 1 amide bonds. The van der Waals surface area contributed by atoms with Crippen LogP contribution in [0.15, 0.2) is 18.2 Å². The molecule has 0 saturated carbocycles. The zero-order chi connectivity index (χ0) is 14.4. The van der Waals surface area contributed by atoms with E-state index in [0.717, 1.165) is 11.3 Å². The molecular formula is C14H18ClNO4. The summed E-state index contributed by atoms with van der Waals surface area (Å²) in [5, 5.41) is 2.80. The van der Waals surface area contributed by atoms with Crippen LogP contribution in [0.3, 0.4) is 0 Å². The molecule has 110 valence electrons. The van der Waals surface area contributed by atoms with Gasteiger partial charge in [-0.3, -0.25) is 4.79 Å². The number of alkyl halides is 1. The van der Waals surface area contributed by atoms with Crippen LogP contribution >= 0.6 is 11.6 Å². The normalized spacial score (nSPS) is 18.6. The Bertz CT molecular complexity index is 460. The van der Waals surface area contributed by atoms with Crippen LogP contribution in [-0.2, 0) is 20.1 Å². The number of hydrogen-bond donors (Lipinski definition) is 1. The molecule has 0 aromatic heterocycles. The molecule has 6 heteroatoms. The van der Waals surface area contributed by atoms with Crippen molar-refractivity contribution in [3.8, 4) is 5.75 Å². The van der Waals surface area contributed by atoms with E-state index in [4.69, 9.17) is 25.8 Å². The van der Waals surface area contributed by atoms with Crippen LogP contribution in [0, 0.1) is 0 Å². The predicted molar refractivity (Wildman–Crippen MR) is 76.4 cm³/mol. The Kier molecular flexibility index (Phi) is 5.64. The van der Waals surface area contributed by atoms with Gasteiger partial charge in [0.05, 0.1) is 32.3 Å². The van der Waals surface area contributed by atoms with Gasteiger partial charge in [-0.15, -0.1) is 11.6 Å². The summed E-state index contributed by atoms with van der Waals surface area (Å²) >= 11 is 5.89. The van der Waals surface area contributed by atoms with Crippen molar-refractivity contribution in [3.63, 3.8) is 0 Å². The van der Waals surface area contributed by atoms with Gasteiger partial charge in [0.15, 0.2) is 6.10 Å². The van der Waals surface area contributed by atoms with Gasteiger partial charge < -0.3 is 19.5 Å². The fourth-order valence-corrected chi connectivity index (χ4v) is 2.13. The summed E-state index contributed by atoms with van der Waals surface area (Å²) in [6, 6.07) is 5.39. The van der Waals surface area contributed by atoms with Crippen LogP contribution in [0.2, 0.25) is 0 Å². The van der Waals surface area contributed by atoms with Crippen molar-refractivity contribution in [1.82, 2.24) is 0 Å². The highest BCUT2D eigenvalue weighted by Crippen LogP contribution is 2.24. The fourth-order valence-electron chi connectivity index (χ4n) is 1.92. The van der Waals surface area contributed by atoms with Crippen molar-refractivity contribution in [2.24, 2.45) is 0 Å². The maximum atomic E-state index is 12.0. The van der Waals surface area contributed by atoms with Gasteiger partial charge in [0.25, 0.3) is 5.91 Å². The largest absolute Gasteiger partial charge is 0.494 e. The van der Waals surface area contributed by atoms with E-state index in [1.807, 2.05) is 6.92 Å². The minimum atomic E-state index is -0.560. The van der Waals surface area contributed by atoms with Gasteiger partial charge in [0, 0.05) is 11.3 Å². The first-order valence-electron chi connectivity index (χ1n) is 6.56. The average Bonchev–Trinajstić information content (AvgIpc) is 2.50. The number of anilines is 1. The molecule has 2 rings (SSSR count). The van der Waals surface area contributed by atoms with Crippen LogP contribution in [0.25, 0.3) is 0 Å². The molecule has 0 bridgehead atoms. The molecular weight excluding hydrogens is 282 g/mol. The van der Waals surface area contributed by atoms with Crippen molar-refractivity contribution in [1.29, 1.82) is 0 Å². The van der Waals surface area contributed by atoms with E-state index in [-0.39, 0.29) is 12.5 Å². The molecule has 1 aliphatic rings. The Morgan fingerprint density at radius 3 is 3.00 bits per heavy atom. The Morgan fingerprint density at radius 2 is 2.35 bits per heavy atom. The van der Waals surface area contributed by atoms with Crippen LogP contribution < -0.4 is 10.1 Å². The molecule has 1 aromatic carbocycles. The second-order valence-electron chi connectivity index (χ2n) is 4.31. The lowest BCUT2D eigenvalue weighted by molar-refractivity contribution is -0.142. The summed E-state index contributed by atoms with van der Waals surface area (Å²) in [7, 11) is 0. The maximum absolute atomic E-state index is 12.0. The number of carbonyl (C=O) groups excluding carboxylic acids is 1. The van der Waals surface area contributed by atoms with Crippen molar-refractivity contribution in [3.05, 3.63) is 23.8 Å². The molecule has 1 aromatic rings. The van der Waals surface area contributed by atoms with Crippen LogP contribution in [-0.4, -0.2) is 38.4 Å². The lowest BCUT2D eigenvalue weighted by Gasteiger charge is -2.22. The molecule has 0 radical (unpaired) electrons. The van der Waals surface area contributed by atoms with E-state index in [2.05, 4.69) is 5.32 Å². The van der Waals surface area contributed by atoms with E-state index < -0.39 is 6.10 Å². The maximum Gasteiger partial charge on any atom is 0.255 e. The van der Waals surface area contributed by atoms with Gasteiger partial charge in [0.1, 0.15) is 5.75 Å². The minimum Gasteiger partial charge on any atom is -0.494 e. The van der Waals surface area contributed by atoms with Crippen LogP contribution in [0.4, 0.5) is 5.69 Å². The third-order valence-electron chi connectivity index (χ3n) is 2.88. The molecule has 5 nitrogen and oxygen atoms in total. The van der Waals surface area contributed by atoms with E-state index in [1.165, 1.54) is 0 Å². The summed E-state index contributed by atoms with van der Waals surface area (Å²) in [6.07, 6.45) is -0.560. The average molecular weight is 300 g/mol. The SMILES string of the molecule is CCOc1ccc(NC(=O)C2COCCO2)cc1CCl. The Balaban J connectivity index is 2.03.